The first-order chi connectivity index (χ1) is 16.1. The molecule has 2 heterocycles. The van der Waals surface area contributed by atoms with Gasteiger partial charge in [0, 0.05) is 11.1 Å². The maximum atomic E-state index is 12.9. The van der Waals surface area contributed by atoms with E-state index in [-0.39, 0.29) is 10.5 Å². The molecule has 0 radical (unpaired) electrons. The Balaban J connectivity index is 1.82. The van der Waals surface area contributed by atoms with Crippen molar-refractivity contribution in [3.8, 4) is 11.5 Å². The number of alkyl halides is 1. The van der Waals surface area contributed by atoms with Crippen molar-refractivity contribution in [1.29, 1.82) is 0 Å². The molecule has 2 aromatic carbocycles. The molecule has 4 rings (SSSR count). The number of fused-ring (bicyclic) bond motifs is 1. The second kappa shape index (κ2) is 9.44. The van der Waals surface area contributed by atoms with Crippen molar-refractivity contribution < 1.29 is 22.8 Å². The third-order valence-electron chi connectivity index (χ3n) is 5.19. The highest BCUT2D eigenvalue weighted by Crippen LogP contribution is 2.39. The number of carbonyl (C=O) groups is 1. The van der Waals surface area contributed by atoms with Gasteiger partial charge in [0.1, 0.15) is 3.92 Å². The van der Waals surface area contributed by atoms with E-state index in [1.54, 1.807) is 65.1 Å². The van der Waals surface area contributed by atoms with Gasteiger partial charge in [-0.3, -0.25) is 9.80 Å². The molecule has 0 saturated heterocycles. The SMILES string of the molecule is CN(C)Cc1noc(-c2cccc(N(N)C3=C(C(I)C(=O)O)CS(=O)(=O)c4ccccc43)c2)n1. The van der Waals surface area contributed by atoms with Gasteiger partial charge in [-0.2, -0.15) is 4.98 Å². The molecule has 0 aliphatic carbocycles. The molecular formula is C22H22IN5O5S. The fraction of sp³-hybridized carbons (Fsp3) is 0.227. The van der Waals surface area contributed by atoms with Gasteiger partial charge in [0.25, 0.3) is 5.89 Å². The summed E-state index contributed by atoms with van der Waals surface area (Å²) in [5.41, 5.74) is 2.01. The fourth-order valence-electron chi connectivity index (χ4n) is 3.72. The van der Waals surface area contributed by atoms with Crippen LogP contribution in [-0.4, -0.2) is 58.3 Å². The van der Waals surface area contributed by atoms with Crippen molar-refractivity contribution in [1.82, 2.24) is 15.0 Å². The summed E-state index contributed by atoms with van der Waals surface area (Å²) in [6.07, 6.45) is 0. The molecule has 0 bridgehead atoms. The normalized spacial score (nSPS) is 15.8. The Labute approximate surface area is 210 Å². The number of halogens is 1. The highest BCUT2D eigenvalue weighted by atomic mass is 127. The Morgan fingerprint density at radius 1 is 1.24 bits per heavy atom. The molecule has 0 spiro atoms. The summed E-state index contributed by atoms with van der Waals surface area (Å²) in [5.74, 6) is 5.78. The van der Waals surface area contributed by atoms with Crippen LogP contribution in [0.5, 0.6) is 0 Å². The minimum atomic E-state index is -3.72. The number of anilines is 1. The lowest BCUT2D eigenvalue weighted by molar-refractivity contribution is -0.135. The number of hydrazine groups is 1. The van der Waals surface area contributed by atoms with Crippen LogP contribution in [0.1, 0.15) is 11.4 Å². The number of hydrogen-bond donors (Lipinski definition) is 2. The van der Waals surface area contributed by atoms with Crippen LogP contribution in [0.3, 0.4) is 0 Å². The van der Waals surface area contributed by atoms with E-state index in [1.165, 1.54) is 11.1 Å². The standard InChI is InChI=1S/C22H22IN5O5S/c1-27(2)11-18-25-21(33-26-18)13-6-5-7-14(10-13)28(24)20-15-8-3-4-9-17(15)34(31,32)12-16(20)19(23)22(29)30/h3-10,19H,11-12,24H2,1-2H3,(H,29,30). The monoisotopic (exact) mass is 595 g/mol. The minimum Gasteiger partial charge on any atom is -0.480 e. The number of rotatable bonds is 7. The zero-order valence-corrected chi connectivity index (χ0v) is 21.3. The lowest BCUT2D eigenvalue weighted by atomic mass is 10.0. The van der Waals surface area contributed by atoms with Gasteiger partial charge < -0.3 is 14.5 Å². The number of hydrogen-bond acceptors (Lipinski definition) is 9. The molecule has 1 unspecified atom stereocenters. The van der Waals surface area contributed by atoms with Crippen LogP contribution in [0.15, 0.2) is 63.5 Å². The smallest absolute Gasteiger partial charge is 0.320 e. The largest absolute Gasteiger partial charge is 0.480 e. The lowest BCUT2D eigenvalue weighted by Gasteiger charge is -2.31. The Kier molecular flexibility index (Phi) is 6.75. The number of sulfone groups is 1. The molecule has 178 valence electrons. The first-order valence-electron chi connectivity index (χ1n) is 10.1. The van der Waals surface area contributed by atoms with Gasteiger partial charge in [-0.1, -0.05) is 52.0 Å². The summed E-state index contributed by atoms with van der Waals surface area (Å²) in [6.45, 7) is 0.514. The number of carboxylic acid groups (broad SMARTS) is 1. The number of benzene rings is 2. The fourth-order valence-corrected chi connectivity index (χ4v) is 6.19. The number of nitrogens with zero attached hydrogens (tertiary/aromatic N) is 4. The molecule has 12 heteroatoms. The highest BCUT2D eigenvalue weighted by Gasteiger charge is 2.37. The molecule has 34 heavy (non-hydrogen) atoms. The number of aromatic nitrogens is 2. The van der Waals surface area contributed by atoms with E-state index in [9.17, 15) is 18.3 Å². The molecule has 0 saturated carbocycles. The molecule has 1 aliphatic rings. The van der Waals surface area contributed by atoms with E-state index >= 15 is 0 Å². The molecule has 0 amide bonds. The highest BCUT2D eigenvalue weighted by molar-refractivity contribution is 14.1. The maximum Gasteiger partial charge on any atom is 0.320 e. The van der Waals surface area contributed by atoms with Crippen LogP contribution in [0, 0.1) is 0 Å². The number of carboxylic acids is 1. The first-order valence-corrected chi connectivity index (χ1v) is 13.0. The van der Waals surface area contributed by atoms with Gasteiger partial charge in [-0.15, -0.1) is 0 Å². The first kappa shape index (κ1) is 24.3. The predicted molar refractivity (Wildman–Crippen MR) is 135 cm³/mol. The van der Waals surface area contributed by atoms with Crippen LogP contribution in [-0.2, 0) is 21.2 Å². The van der Waals surface area contributed by atoms with Gasteiger partial charge in [0.15, 0.2) is 15.7 Å². The molecule has 3 N–H and O–H groups in total. The van der Waals surface area contributed by atoms with E-state index in [4.69, 9.17) is 10.4 Å². The van der Waals surface area contributed by atoms with Crippen molar-refractivity contribution in [2.45, 2.75) is 15.4 Å². The summed E-state index contributed by atoms with van der Waals surface area (Å²) in [4.78, 5) is 18.2. The van der Waals surface area contributed by atoms with Crippen LogP contribution in [0.2, 0.25) is 0 Å². The Bertz CT molecular complexity index is 1390. The van der Waals surface area contributed by atoms with Crippen molar-refractivity contribution in [2.24, 2.45) is 5.84 Å². The second-order valence-corrected chi connectivity index (χ2v) is 11.2. The summed E-state index contributed by atoms with van der Waals surface area (Å²) in [5, 5.41) is 15.0. The topological polar surface area (TPSA) is 143 Å². The van der Waals surface area contributed by atoms with Gasteiger partial charge in [0.05, 0.1) is 28.6 Å². The third kappa shape index (κ3) is 4.71. The number of aliphatic carboxylic acids is 1. The zero-order chi connectivity index (χ0) is 24.6. The summed E-state index contributed by atoms with van der Waals surface area (Å²) in [7, 11) is 0.0713. The predicted octanol–water partition coefficient (Wildman–Crippen LogP) is 2.57. The molecular weight excluding hydrogens is 573 g/mol. The third-order valence-corrected chi connectivity index (χ3v) is 8.19. The molecule has 1 aromatic heterocycles. The molecule has 3 aromatic rings. The molecule has 0 fully saturated rings. The molecule has 10 nitrogen and oxygen atoms in total. The average Bonchev–Trinajstić information content (AvgIpc) is 3.25. The van der Waals surface area contributed by atoms with Crippen LogP contribution in [0.25, 0.3) is 17.2 Å². The summed E-state index contributed by atoms with van der Waals surface area (Å²) < 4.78 is 30.1. The maximum absolute atomic E-state index is 12.9. The van der Waals surface area contributed by atoms with E-state index in [2.05, 4.69) is 10.1 Å². The van der Waals surface area contributed by atoms with E-state index < -0.39 is 25.5 Å². The lowest BCUT2D eigenvalue weighted by Crippen LogP contribution is -2.37. The number of nitrogens with two attached hydrogens (primary N) is 1. The molecule has 1 atom stereocenters. The van der Waals surface area contributed by atoms with Crippen molar-refractivity contribution >= 4 is 49.8 Å². The molecule has 1 aliphatic heterocycles. The second-order valence-electron chi connectivity index (χ2n) is 8.00. The van der Waals surface area contributed by atoms with Crippen molar-refractivity contribution in [3.63, 3.8) is 0 Å². The zero-order valence-electron chi connectivity index (χ0n) is 18.3. The quantitative estimate of drug-likeness (QED) is 0.181. The van der Waals surface area contributed by atoms with Crippen molar-refractivity contribution in [3.05, 3.63) is 65.5 Å². The van der Waals surface area contributed by atoms with Gasteiger partial charge in [-0.05, 0) is 43.9 Å². The Morgan fingerprint density at radius 2 is 1.97 bits per heavy atom. The Hall–Kier alpha value is -2.81. The van der Waals surface area contributed by atoms with Crippen LogP contribution in [0.4, 0.5) is 5.69 Å². The van der Waals surface area contributed by atoms with Gasteiger partial charge in [-0.25, -0.2) is 14.3 Å². The van der Waals surface area contributed by atoms with E-state index in [0.29, 0.717) is 40.8 Å². The Morgan fingerprint density at radius 3 is 2.68 bits per heavy atom. The average molecular weight is 595 g/mol. The van der Waals surface area contributed by atoms with Crippen LogP contribution < -0.4 is 10.9 Å². The summed E-state index contributed by atoms with van der Waals surface area (Å²) in [6, 6.07) is 13.4. The van der Waals surface area contributed by atoms with Gasteiger partial charge >= 0.3 is 5.97 Å². The van der Waals surface area contributed by atoms with E-state index in [0.717, 1.165) is 0 Å². The summed E-state index contributed by atoms with van der Waals surface area (Å²) >= 11 is 1.72. The minimum absolute atomic E-state index is 0.111. The van der Waals surface area contributed by atoms with E-state index in [1.807, 2.05) is 19.0 Å². The van der Waals surface area contributed by atoms with Crippen molar-refractivity contribution in [2.75, 3.05) is 24.9 Å². The van der Waals surface area contributed by atoms with Crippen LogP contribution >= 0.6 is 22.6 Å². The van der Waals surface area contributed by atoms with Gasteiger partial charge in [0.2, 0.25) is 0 Å².